The number of carbonyl (C=O) groups is 3. The maximum Gasteiger partial charge on any atom is 0.416 e. The molecule has 3 rings (SSSR count). The predicted octanol–water partition coefficient (Wildman–Crippen LogP) is 5.06. The number of nitrogens with zero attached hydrogens (tertiary/aromatic N) is 1. The second-order valence-electron chi connectivity index (χ2n) is 7.06. The Hall–Kier alpha value is -4.18. The number of anilines is 1. The fraction of sp³-hybridized carbons (Fsp3) is 0.0833. The maximum absolute atomic E-state index is 12.8. The number of hydrogen-bond donors (Lipinski definition) is 2. The minimum atomic E-state index is -4.59. The van der Waals surface area contributed by atoms with Gasteiger partial charge in [0.15, 0.2) is 0 Å². The third-order valence-corrected chi connectivity index (χ3v) is 4.89. The normalized spacial score (nSPS) is 11.5. The van der Waals surface area contributed by atoms with Gasteiger partial charge in [-0.2, -0.15) is 18.3 Å². The van der Waals surface area contributed by atoms with E-state index < -0.39 is 29.5 Å². The van der Waals surface area contributed by atoms with Gasteiger partial charge in [0.2, 0.25) is 0 Å². The minimum absolute atomic E-state index is 0.192. The molecule has 11 heteroatoms. The molecule has 0 radical (unpaired) electrons. The lowest BCUT2D eigenvalue weighted by atomic mass is 10.1. The van der Waals surface area contributed by atoms with Gasteiger partial charge in [-0.25, -0.2) is 10.2 Å². The molecule has 0 unspecified atom stereocenters. The van der Waals surface area contributed by atoms with Crippen LogP contribution in [0.3, 0.4) is 0 Å². The molecular formula is C24H17ClF3N3O4. The third-order valence-electron chi connectivity index (χ3n) is 4.56. The molecule has 0 bridgehead atoms. The largest absolute Gasteiger partial charge is 0.423 e. The lowest BCUT2D eigenvalue weighted by Crippen LogP contribution is -2.33. The predicted molar refractivity (Wildman–Crippen MR) is 123 cm³/mol. The molecule has 7 nitrogen and oxygen atoms in total. The number of carbonyl (C=O) groups excluding carboxylic acids is 3. The van der Waals surface area contributed by atoms with Gasteiger partial charge in [0.25, 0.3) is 0 Å². The van der Waals surface area contributed by atoms with Gasteiger partial charge in [0.1, 0.15) is 5.75 Å². The van der Waals surface area contributed by atoms with Crippen molar-refractivity contribution in [2.24, 2.45) is 5.10 Å². The van der Waals surface area contributed by atoms with Crippen molar-refractivity contribution in [3.05, 3.63) is 94.5 Å². The first-order chi connectivity index (χ1) is 16.5. The number of esters is 1. The van der Waals surface area contributed by atoms with Crippen molar-refractivity contribution in [3.8, 4) is 5.75 Å². The van der Waals surface area contributed by atoms with E-state index in [-0.39, 0.29) is 22.0 Å². The number of halogens is 4. The van der Waals surface area contributed by atoms with Crippen molar-refractivity contribution in [3.63, 3.8) is 0 Å². The number of alkyl halides is 3. The molecule has 0 aliphatic heterocycles. The highest BCUT2D eigenvalue weighted by Gasteiger charge is 2.30. The highest BCUT2D eigenvalue weighted by atomic mass is 35.5. The maximum atomic E-state index is 12.8. The van der Waals surface area contributed by atoms with E-state index in [0.717, 1.165) is 12.1 Å². The van der Waals surface area contributed by atoms with Crippen LogP contribution in [0.1, 0.15) is 28.4 Å². The Kier molecular flexibility index (Phi) is 7.87. The summed E-state index contributed by atoms with van der Waals surface area (Å²) >= 11 is 5.98. The standard InChI is InChI=1S/C24H17ClF3N3O4/c1-14(15-9-11-18(12-10-15)35-23(34)19-7-2-3-8-20(19)25)30-31-22(33)21(32)29-17-6-4-5-16(13-17)24(26,27)28/h2-13H,1H3,(H,29,32)(H,31,33). The number of hydrogen-bond acceptors (Lipinski definition) is 5. The molecular weight excluding hydrogens is 487 g/mol. The Bertz CT molecular complexity index is 1290. The first-order valence-corrected chi connectivity index (χ1v) is 10.3. The molecule has 3 aromatic rings. The van der Waals surface area contributed by atoms with Crippen molar-refractivity contribution in [1.29, 1.82) is 0 Å². The number of benzene rings is 3. The molecule has 180 valence electrons. The van der Waals surface area contributed by atoms with Crippen molar-refractivity contribution < 1.29 is 32.3 Å². The molecule has 0 aliphatic rings. The van der Waals surface area contributed by atoms with Crippen LogP contribution >= 0.6 is 11.6 Å². The molecule has 0 aliphatic carbocycles. The summed E-state index contributed by atoms with van der Waals surface area (Å²) < 4.78 is 43.6. The molecule has 0 saturated carbocycles. The van der Waals surface area contributed by atoms with Crippen LogP contribution in [0, 0.1) is 0 Å². The van der Waals surface area contributed by atoms with Crippen LogP contribution in [0.15, 0.2) is 77.9 Å². The molecule has 2 amide bonds. The second-order valence-corrected chi connectivity index (χ2v) is 7.47. The summed E-state index contributed by atoms with van der Waals surface area (Å²) in [5.74, 6) is -2.75. The van der Waals surface area contributed by atoms with E-state index in [0.29, 0.717) is 17.3 Å². The van der Waals surface area contributed by atoms with Crippen LogP contribution in [0.5, 0.6) is 5.75 Å². The zero-order chi connectivity index (χ0) is 25.6. The quantitative estimate of drug-likeness (QED) is 0.167. The van der Waals surface area contributed by atoms with E-state index in [1.807, 2.05) is 5.43 Å². The zero-order valence-electron chi connectivity index (χ0n) is 18.0. The van der Waals surface area contributed by atoms with Gasteiger partial charge >= 0.3 is 24.0 Å². The van der Waals surface area contributed by atoms with E-state index in [4.69, 9.17) is 16.3 Å². The lowest BCUT2D eigenvalue weighted by molar-refractivity contribution is -0.137. The average molecular weight is 504 g/mol. The van der Waals surface area contributed by atoms with Gasteiger partial charge in [0, 0.05) is 5.69 Å². The van der Waals surface area contributed by atoms with Crippen LogP contribution < -0.4 is 15.5 Å². The average Bonchev–Trinajstić information content (AvgIpc) is 2.82. The van der Waals surface area contributed by atoms with Crippen LogP contribution in [-0.2, 0) is 15.8 Å². The Morgan fingerprint density at radius 3 is 2.26 bits per heavy atom. The highest BCUT2D eigenvalue weighted by molar-refractivity contribution is 6.39. The summed E-state index contributed by atoms with van der Waals surface area (Å²) in [6, 6.07) is 16.5. The van der Waals surface area contributed by atoms with Crippen molar-refractivity contribution in [2.45, 2.75) is 13.1 Å². The first kappa shape index (κ1) is 25.4. The van der Waals surface area contributed by atoms with Crippen molar-refractivity contribution in [1.82, 2.24) is 5.43 Å². The first-order valence-electron chi connectivity index (χ1n) is 9.94. The van der Waals surface area contributed by atoms with E-state index in [2.05, 4.69) is 10.4 Å². The monoisotopic (exact) mass is 503 g/mol. The van der Waals surface area contributed by atoms with Crippen LogP contribution in [0.4, 0.5) is 18.9 Å². The van der Waals surface area contributed by atoms with E-state index in [1.165, 1.54) is 24.3 Å². The minimum Gasteiger partial charge on any atom is -0.423 e. The van der Waals surface area contributed by atoms with Gasteiger partial charge in [-0.3, -0.25) is 9.59 Å². The van der Waals surface area contributed by atoms with Crippen LogP contribution in [-0.4, -0.2) is 23.5 Å². The summed E-state index contributed by atoms with van der Waals surface area (Å²) in [5.41, 5.74) is 1.94. The summed E-state index contributed by atoms with van der Waals surface area (Å²) in [7, 11) is 0. The SMILES string of the molecule is CC(=NNC(=O)C(=O)Nc1cccc(C(F)(F)F)c1)c1ccc(OC(=O)c2ccccc2Cl)cc1. The summed E-state index contributed by atoms with van der Waals surface area (Å²) in [4.78, 5) is 36.2. The highest BCUT2D eigenvalue weighted by Crippen LogP contribution is 2.30. The smallest absolute Gasteiger partial charge is 0.416 e. The molecule has 0 heterocycles. The van der Waals surface area contributed by atoms with Crippen LogP contribution in [0.25, 0.3) is 0 Å². The van der Waals surface area contributed by atoms with Gasteiger partial charge in [0.05, 0.1) is 21.9 Å². The topological polar surface area (TPSA) is 96.9 Å². The number of hydrazone groups is 1. The summed E-state index contributed by atoms with van der Waals surface area (Å²) in [6.07, 6.45) is -4.59. The number of ether oxygens (including phenoxy) is 1. The van der Waals surface area contributed by atoms with E-state index >= 15 is 0 Å². The Labute approximate surface area is 202 Å². The fourth-order valence-electron chi connectivity index (χ4n) is 2.76. The number of rotatable bonds is 5. The molecule has 0 spiro atoms. The van der Waals surface area contributed by atoms with E-state index in [9.17, 15) is 27.6 Å². The molecule has 35 heavy (non-hydrogen) atoms. The van der Waals surface area contributed by atoms with Crippen molar-refractivity contribution >= 4 is 40.8 Å². The second kappa shape index (κ2) is 10.8. The molecule has 3 aromatic carbocycles. The molecule has 0 saturated heterocycles. The third kappa shape index (κ3) is 6.90. The zero-order valence-corrected chi connectivity index (χ0v) is 18.8. The molecule has 2 N–H and O–H groups in total. The lowest BCUT2D eigenvalue weighted by Gasteiger charge is -2.09. The summed E-state index contributed by atoms with van der Waals surface area (Å²) in [5, 5.41) is 6.15. The Morgan fingerprint density at radius 1 is 0.914 bits per heavy atom. The van der Waals surface area contributed by atoms with Gasteiger partial charge in [-0.15, -0.1) is 0 Å². The molecule has 0 fully saturated rings. The summed E-state index contributed by atoms with van der Waals surface area (Å²) in [6.45, 7) is 1.55. The molecule has 0 atom stereocenters. The van der Waals surface area contributed by atoms with Crippen LogP contribution in [0.2, 0.25) is 5.02 Å². The molecule has 0 aromatic heterocycles. The van der Waals surface area contributed by atoms with Gasteiger partial charge < -0.3 is 10.1 Å². The van der Waals surface area contributed by atoms with Gasteiger partial charge in [-0.1, -0.05) is 29.8 Å². The van der Waals surface area contributed by atoms with Crippen molar-refractivity contribution in [2.75, 3.05) is 5.32 Å². The fourth-order valence-corrected chi connectivity index (χ4v) is 2.98. The Balaban J connectivity index is 1.58. The van der Waals surface area contributed by atoms with E-state index in [1.54, 1.807) is 37.3 Å². The van der Waals surface area contributed by atoms with Gasteiger partial charge in [-0.05, 0) is 67.1 Å². The Morgan fingerprint density at radius 2 is 1.60 bits per heavy atom. The number of nitrogens with one attached hydrogen (secondary N) is 2. The number of amides is 2.